The molecule has 4 nitrogen and oxygen atoms in total. The lowest BCUT2D eigenvalue weighted by Gasteiger charge is -2.17. The van der Waals surface area contributed by atoms with Gasteiger partial charge >= 0.3 is 12.1 Å². The minimum absolute atomic E-state index is 0.387. The van der Waals surface area contributed by atoms with Crippen LogP contribution in [0.2, 0.25) is 0 Å². The van der Waals surface area contributed by atoms with Crippen LogP contribution < -0.4 is 0 Å². The highest BCUT2D eigenvalue weighted by Gasteiger charge is 2.30. The predicted octanol–water partition coefficient (Wildman–Crippen LogP) is 5.15. The molecule has 0 N–H and O–H groups in total. The third-order valence-electron chi connectivity index (χ3n) is 3.80. The number of aromatic nitrogens is 2. The number of imidazole rings is 1. The van der Waals surface area contributed by atoms with Crippen molar-refractivity contribution in [2.45, 2.75) is 18.0 Å². The molecule has 2 aromatic carbocycles. The molecular weight excluding hydrogens is 377 g/mol. The quantitative estimate of drug-likeness (QED) is 0.545. The van der Waals surface area contributed by atoms with Gasteiger partial charge in [-0.3, -0.25) is 0 Å². The molecule has 0 radical (unpaired) electrons. The van der Waals surface area contributed by atoms with Crippen LogP contribution in [-0.4, -0.2) is 15.5 Å². The molecule has 0 fully saturated rings. The Labute approximate surface area is 158 Å². The smallest absolute Gasteiger partial charge is 0.387 e. The number of halogens is 3. The second-order valence-electron chi connectivity index (χ2n) is 5.70. The summed E-state index contributed by atoms with van der Waals surface area (Å²) in [4.78, 5) is 16.1. The van der Waals surface area contributed by atoms with Crippen molar-refractivity contribution in [2.24, 2.45) is 0 Å². The molecule has 0 aliphatic carbocycles. The van der Waals surface area contributed by atoms with Gasteiger partial charge in [0.25, 0.3) is 0 Å². The van der Waals surface area contributed by atoms with Crippen LogP contribution in [0.1, 0.15) is 26.7 Å². The van der Waals surface area contributed by atoms with Gasteiger partial charge in [0.05, 0.1) is 34.7 Å². The number of carbonyl (C=O) groups excluding carboxylic acids is 1. The fourth-order valence-electron chi connectivity index (χ4n) is 2.39. The highest BCUT2D eigenvalue weighted by Crippen LogP contribution is 2.35. The number of rotatable bonds is 6. The Kier molecular flexibility index (Phi) is 5.85. The fourth-order valence-corrected chi connectivity index (χ4v) is 3.19. The Morgan fingerprint density at radius 1 is 1.11 bits per heavy atom. The Morgan fingerprint density at radius 2 is 1.81 bits per heavy atom. The summed E-state index contributed by atoms with van der Waals surface area (Å²) >= 11 is 0.910. The fraction of sp³-hybridized carbons (Fsp3) is 0.158. The topological polar surface area (TPSA) is 44.1 Å². The monoisotopic (exact) mass is 392 g/mol. The van der Waals surface area contributed by atoms with E-state index in [-0.39, 0.29) is 0 Å². The molecule has 0 saturated carbocycles. The molecule has 0 aliphatic heterocycles. The lowest BCUT2D eigenvalue weighted by molar-refractivity contribution is -0.137. The molecule has 0 saturated heterocycles. The zero-order chi connectivity index (χ0) is 19.3. The van der Waals surface area contributed by atoms with Crippen molar-refractivity contribution in [2.75, 3.05) is 0 Å². The van der Waals surface area contributed by atoms with Crippen molar-refractivity contribution in [3.63, 3.8) is 0 Å². The second-order valence-corrected chi connectivity index (χ2v) is 6.63. The van der Waals surface area contributed by atoms with Gasteiger partial charge in [-0.1, -0.05) is 30.3 Å². The zero-order valence-electron chi connectivity index (χ0n) is 14.0. The van der Waals surface area contributed by atoms with Crippen LogP contribution in [0.25, 0.3) is 0 Å². The predicted molar refractivity (Wildman–Crippen MR) is 95.9 cm³/mol. The molecule has 1 heterocycles. The zero-order valence-corrected chi connectivity index (χ0v) is 14.8. The van der Waals surface area contributed by atoms with Gasteiger partial charge in [-0.05, 0) is 29.8 Å². The summed E-state index contributed by atoms with van der Waals surface area (Å²) in [5, 5.41) is -0.394. The summed E-state index contributed by atoms with van der Waals surface area (Å²) in [6, 6.07) is 13.3. The Morgan fingerprint density at radius 3 is 2.41 bits per heavy atom. The molecule has 0 aliphatic rings. The maximum Gasteiger partial charge on any atom is 0.416 e. The van der Waals surface area contributed by atoms with E-state index in [1.807, 2.05) is 0 Å². The van der Waals surface area contributed by atoms with Crippen molar-refractivity contribution in [1.29, 1.82) is 0 Å². The van der Waals surface area contributed by atoms with Crippen molar-refractivity contribution >= 4 is 18.0 Å². The Balaban J connectivity index is 1.75. The van der Waals surface area contributed by atoms with Gasteiger partial charge in [0.1, 0.15) is 0 Å². The number of alkyl halides is 3. The number of hydrogen-bond acceptors (Lipinski definition) is 4. The number of carbonyl (C=O) groups is 1. The molecule has 0 spiro atoms. The number of benzene rings is 2. The van der Waals surface area contributed by atoms with Gasteiger partial charge in [-0.15, -0.1) is 0 Å². The van der Waals surface area contributed by atoms with Gasteiger partial charge in [0.15, 0.2) is 0 Å². The van der Waals surface area contributed by atoms with E-state index in [1.165, 1.54) is 12.1 Å². The molecule has 1 atom stereocenters. The standard InChI is InChI=1S/C19H15F3N2O2S/c20-19(21,22)16-8-6-14(7-9-16)17(12-24-11-10-23-13-24)27-26-18(25)15-4-2-1-3-5-15/h1-11,13,17H,12H2. The number of hydrogen-bond donors (Lipinski definition) is 0. The van der Waals surface area contributed by atoms with Gasteiger partial charge in [-0.2, -0.15) is 13.2 Å². The first kappa shape index (κ1) is 19.0. The van der Waals surface area contributed by atoms with Gasteiger partial charge in [-0.25, -0.2) is 9.78 Å². The van der Waals surface area contributed by atoms with E-state index in [2.05, 4.69) is 4.98 Å². The van der Waals surface area contributed by atoms with E-state index >= 15 is 0 Å². The largest absolute Gasteiger partial charge is 0.416 e. The first-order valence-electron chi connectivity index (χ1n) is 7.99. The molecular formula is C19H15F3N2O2S. The summed E-state index contributed by atoms with van der Waals surface area (Å²) in [6.07, 6.45) is 0.531. The van der Waals surface area contributed by atoms with Crippen LogP contribution in [0, 0.1) is 0 Å². The van der Waals surface area contributed by atoms with Gasteiger partial charge < -0.3 is 8.75 Å². The van der Waals surface area contributed by atoms with Crippen LogP contribution in [0.3, 0.4) is 0 Å². The first-order chi connectivity index (χ1) is 12.9. The van der Waals surface area contributed by atoms with E-state index < -0.39 is 23.0 Å². The molecule has 1 aromatic heterocycles. The van der Waals surface area contributed by atoms with Crippen molar-refractivity contribution in [3.05, 3.63) is 90.0 Å². The summed E-state index contributed by atoms with van der Waals surface area (Å²) in [6.45, 7) is 0.387. The molecule has 8 heteroatoms. The van der Waals surface area contributed by atoms with E-state index in [0.29, 0.717) is 17.7 Å². The first-order valence-corrected chi connectivity index (χ1v) is 8.79. The van der Waals surface area contributed by atoms with Gasteiger partial charge in [0, 0.05) is 18.9 Å². The lowest BCUT2D eigenvalue weighted by Crippen LogP contribution is -2.09. The van der Waals surface area contributed by atoms with Crippen molar-refractivity contribution in [3.8, 4) is 0 Å². The van der Waals surface area contributed by atoms with E-state index in [9.17, 15) is 18.0 Å². The van der Waals surface area contributed by atoms with Crippen molar-refractivity contribution < 1.29 is 22.1 Å². The molecule has 1 unspecified atom stereocenters. The molecule has 0 bridgehead atoms. The summed E-state index contributed by atoms with van der Waals surface area (Å²) in [5.74, 6) is -0.511. The third-order valence-corrected chi connectivity index (χ3v) is 4.70. The van der Waals surface area contributed by atoms with Gasteiger partial charge in [0.2, 0.25) is 0 Å². The summed E-state index contributed by atoms with van der Waals surface area (Å²) in [7, 11) is 0. The maximum atomic E-state index is 12.8. The van der Waals surface area contributed by atoms with Crippen molar-refractivity contribution in [1.82, 2.24) is 9.55 Å². The highest BCUT2D eigenvalue weighted by atomic mass is 32.2. The van der Waals surface area contributed by atoms with Crippen LogP contribution in [0.4, 0.5) is 13.2 Å². The van der Waals surface area contributed by atoms with E-state index in [4.69, 9.17) is 4.18 Å². The Bertz CT molecular complexity index is 866. The average Bonchev–Trinajstić information content (AvgIpc) is 3.18. The Hall–Kier alpha value is -2.74. The third kappa shape index (κ3) is 5.13. The second kappa shape index (κ2) is 8.30. The normalized spacial score (nSPS) is 12.6. The minimum Gasteiger partial charge on any atom is -0.387 e. The molecule has 3 rings (SSSR count). The minimum atomic E-state index is -4.40. The molecule has 140 valence electrons. The lowest BCUT2D eigenvalue weighted by atomic mass is 10.1. The summed E-state index contributed by atoms with van der Waals surface area (Å²) < 4.78 is 45.4. The van der Waals surface area contributed by atoms with E-state index in [1.54, 1.807) is 53.6 Å². The molecule has 27 heavy (non-hydrogen) atoms. The SMILES string of the molecule is O=C(OSC(Cn1ccnc1)c1ccc(C(F)(F)F)cc1)c1ccccc1. The van der Waals surface area contributed by atoms with E-state index in [0.717, 1.165) is 24.2 Å². The highest BCUT2D eigenvalue weighted by molar-refractivity contribution is 7.95. The van der Waals surface area contributed by atoms with Crippen LogP contribution in [-0.2, 0) is 16.9 Å². The maximum absolute atomic E-state index is 12.8. The average molecular weight is 392 g/mol. The van der Waals surface area contributed by atoms with Crippen LogP contribution in [0.5, 0.6) is 0 Å². The molecule has 3 aromatic rings. The van der Waals surface area contributed by atoms with Crippen LogP contribution in [0.15, 0.2) is 73.3 Å². The molecule has 0 amide bonds. The summed E-state index contributed by atoms with van der Waals surface area (Å²) in [5.41, 5.74) is 0.292. The number of nitrogens with zero attached hydrogens (tertiary/aromatic N) is 2. The van der Waals surface area contributed by atoms with Crippen LogP contribution >= 0.6 is 12.0 Å².